The van der Waals surface area contributed by atoms with E-state index in [4.69, 9.17) is 4.74 Å². The van der Waals surface area contributed by atoms with Gasteiger partial charge in [-0.3, -0.25) is 9.36 Å². The summed E-state index contributed by atoms with van der Waals surface area (Å²) in [6, 6.07) is 9.75. The topological polar surface area (TPSA) is 118 Å². The number of aromatic nitrogens is 3. The van der Waals surface area contributed by atoms with Crippen LogP contribution in [0.25, 0.3) is 11.2 Å². The van der Waals surface area contributed by atoms with Gasteiger partial charge < -0.3 is 20.3 Å². The maximum atomic E-state index is 13.1. The summed E-state index contributed by atoms with van der Waals surface area (Å²) >= 11 is 0. The molecule has 2 N–H and O–H groups in total. The number of carbonyl (C=O) groups is 2. The van der Waals surface area contributed by atoms with Crippen LogP contribution < -0.4 is 21.1 Å². The zero-order valence-electron chi connectivity index (χ0n) is 18.9. The van der Waals surface area contributed by atoms with Gasteiger partial charge in [0, 0.05) is 37.6 Å². The molecular weight excluding hydrogens is 436 g/mol. The summed E-state index contributed by atoms with van der Waals surface area (Å²) in [6.07, 6.45) is 4.61. The van der Waals surface area contributed by atoms with E-state index in [9.17, 15) is 14.4 Å². The van der Waals surface area contributed by atoms with Crippen LogP contribution in [0.4, 0.5) is 16.3 Å². The first-order valence-electron chi connectivity index (χ1n) is 11.0. The molecule has 2 amide bonds. The van der Waals surface area contributed by atoms with Crippen molar-refractivity contribution in [3.05, 3.63) is 71.2 Å². The molecule has 0 bridgehead atoms. The van der Waals surface area contributed by atoms with Gasteiger partial charge in [-0.1, -0.05) is 12.1 Å². The minimum atomic E-state index is -0.471. The average molecular weight is 463 g/mol. The fourth-order valence-electron chi connectivity index (χ4n) is 4.00. The van der Waals surface area contributed by atoms with Crippen molar-refractivity contribution in [1.29, 1.82) is 0 Å². The van der Waals surface area contributed by atoms with Gasteiger partial charge in [0.05, 0.1) is 12.7 Å². The lowest BCUT2D eigenvalue weighted by molar-refractivity contribution is 0.0600. The van der Waals surface area contributed by atoms with Gasteiger partial charge in [-0.15, -0.1) is 6.58 Å². The first-order valence-corrected chi connectivity index (χ1v) is 11.0. The van der Waals surface area contributed by atoms with Crippen LogP contribution in [-0.4, -0.2) is 52.8 Å². The lowest BCUT2D eigenvalue weighted by Crippen LogP contribution is -2.47. The Bertz CT molecular complexity index is 1280. The average Bonchev–Trinajstić information content (AvgIpc) is 2.86. The van der Waals surface area contributed by atoms with E-state index < -0.39 is 5.97 Å². The lowest BCUT2D eigenvalue weighted by Gasteiger charge is -2.33. The molecule has 0 atom stereocenters. The van der Waals surface area contributed by atoms with Crippen molar-refractivity contribution < 1.29 is 14.3 Å². The molecule has 0 radical (unpaired) electrons. The molecule has 1 fully saturated rings. The predicted molar refractivity (Wildman–Crippen MR) is 129 cm³/mol. The first kappa shape index (κ1) is 23.0. The third-order valence-corrected chi connectivity index (χ3v) is 5.67. The van der Waals surface area contributed by atoms with Crippen LogP contribution in [0.15, 0.2) is 60.0 Å². The number of ether oxygens (including phenoxy) is 1. The van der Waals surface area contributed by atoms with Crippen molar-refractivity contribution in [3.8, 4) is 0 Å². The Balaban J connectivity index is 1.40. The smallest absolute Gasteiger partial charge is 0.337 e. The van der Waals surface area contributed by atoms with Crippen LogP contribution in [0.5, 0.6) is 0 Å². The third-order valence-electron chi connectivity index (χ3n) is 5.67. The number of urea groups is 1. The number of amides is 2. The number of piperidine rings is 1. The number of nitrogens with zero attached hydrogens (tertiary/aromatic N) is 4. The van der Waals surface area contributed by atoms with Crippen molar-refractivity contribution in [1.82, 2.24) is 19.9 Å². The summed E-state index contributed by atoms with van der Waals surface area (Å²) in [5.74, 6) is -0.0912. The highest BCUT2D eigenvalue weighted by atomic mass is 16.5. The number of carbonyl (C=O) groups excluding carboxylic acids is 2. The summed E-state index contributed by atoms with van der Waals surface area (Å²) in [6.45, 7) is 5.23. The Labute approximate surface area is 196 Å². The fraction of sp³-hybridized carbons (Fsp3) is 0.292. The lowest BCUT2D eigenvalue weighted by atomic mass is 10.1. The standard InChI is InChI=1S/C24H26N6O4/c1-3-12-30-20-19(8-5-11-25-20)28-21(22(30)31)29-13-9-17(10-14-29)26-24(33)27-18-7-4-6-16(15-18)23(32)34-2/h3-8,11,15,17H,1,9-10,12-14H2,2H3,(H2,26,27,33). The van der Waals surface area contributed by atoms with Crippen LogP contribution >= 0.6 is 0 Å². The third kappa shape index (κ3) is 4.90. The Morgan fingerprint density at radius 2 is 2.03 bits per heavy atom. The molecule has 4 rings (SSSR count). The molecule has 2 aromatic heterocycles. The maximum Gasteiger partial charge on any atom is 0.337 e. The molecule has 10 nitrogen and oxygen atoms in total. The minimum Gasteiger partial charge on any atom is -0.465 e. The van der Waals surface area contributed by atoms with E-state index in [1.807, 2.05) is 11.0 Å². The normalized spacial score (nSPS) is 14.0. The van der Waals surface area contributed by atoms with Crippen molar-refractivity contribution in [2.75, 3.05) is 30.4 Å². The summed E-state index contributed by atoms with van der Waals surface area (Å²) in [5.41, 5.74) is 1.82. The van der Waals surface area contributed by atoms with E-state index in [1.54, 1.807) is 47.2 Å². The molecule has 3 aromatic rings. The van der Waals surface area contributed by atoms with Crippen molar-refractivity contribution in [2.45, 2.75) is 25.4 Å². The zero-order valence-corrected chi connectivity index (χ0v) is 18.9. The van der Waals surface area contributed by atoms with Crippen LogP contribution in [0.1, 0.15) is 23.2 Å². The maximum absolute atomic E-state index is 13.1. The van der Waals surface area contributed by atoms with Gasteiger partial charge in [-0.05, 0) is 43.2 Å². The molecule has 1 aliphatic heterocycles. The molecule has 0 aliphatic carbocycles. The van der Waals surface area contributed by atoms with Crippen LogP contribution in [0.3, 0.4) is 0 Å². The molecule has 34 heavy (non-hydrogen) atoms. The van der Waals surface area contributed by atoms with E-state index in [0.29, 0.717) is 60.7 Å². The SMILES string of the molecule is C=CCn1c(=O)c(N2CCC(NC(=O)Nc3cccc(C(=O)OC)c3)CC2)nc2cccnc21. The number of anilines is 2. The van der Waals surface area contributed by atoms with Crippen molar-refractivity contribution >= 4 is 34.7 Å². The van der Waals surface area contributed by atoms with Crippen molar-refractivity contribution in [3.63, 3.8) is 0 Å². The fourth-order valence-corrected chi connectivity index (χ4v) is 4.00. The van der Waals surface area contributed by atoms with Crippen LogP contribution in [0, 0.1) is 0 Å². The van der Waals surface area contributed by atoms with Gasteiger partial charge in [-0.25, -0.2) is 19.6 Å². The van der Waals surface area contributed by atoms with Gasteiger partial charge in [0.2, 0.25) is 0 Å². The summed E-state index contributed by atoms with van der Waals surface area (Å²) in [5, 5.41) is 5.71. The Kier molecular flexibility index (Phi) is 6.86. The number of hydrogen-bond acceptors (Lipinski definition) is 7. The quantitative estimate of drug-likeness (QED) is 0.427. The minimum absolute atomic E-state index is 0.0578. The Hall–Kier alpha value is -4.21. The summed E-state index contributed by atoms with van der Waals surface area (Å²) in [4.78, 5) is 48.1. The first-order chi connectivity index (χ1) is 16.5. The molecule has 3 heterocycles. The van der Waals surface area contributed by atoms with Gasteiger partial charge in [0.15, 0.2) is 11.5 Å². The molecule has 1 aliphatic rings. The highest BCUT2D eigenvalue weighted by molar-refractivity contribution is 5.94. The highest BCUT2D eigenvalue weighted by Gasteiger charge is 2.25. The molecule has 0 spiro atoms. The van der Waals surface area contributed by atoms with Gasteiger partial charge in [-0.2, -0.15) is 0 Å². The number of fused-ring (bicyclic) bond motifs is 1. The van der Waals surface area contributed by atoms with Gasteiger partial charge in [0.1, 0.15) is 5.52 Å². The number of benzene rings is 1. The van der Waals surface area contributed by atoms with E-state index in [-0.39, 0.29) is 17.6 Å². The Morgan fingerprint density at radius 3 is 2.76 bits per heavy atom. The zero-order chi connectivity index (χ0) is 24.1. The number of methoxy groups -OCH3 is 1. The van der Waals surface area contributed by atoms with Gasteiger partial charge >= 0.3 is 12.0 Å². The van der Waals surface area contributed by atoms with Crippen LogP contribution in [-0.2, 0) is 11.3 Å². The number of hydrogen-bond donors (Lipinski definition) is 2. The largest absolute Gasteiger partial charge is 0.465 e. The molecule has 0 unspecified atom stereocenters. The van der Waals surface area contributed by atoms with E-state index >= 15 is 0 Å². The molecule has 10 heteroatoms. The van der Waals surface area contributed by atoms with E-state index in [1.165, 1.54) is 7.11 Å². The Morgan fingerprint density at radius 1 is 1.24 bits per heavy atom. The molecular formula is C24H26N6O4. The molecule has 176 valence electrons. The molecule has 1 saturated heterocycles. The van der Waals surface area contributed by atoms with Gasteiger partial charge in [0.25, 0.3) is 5.56 Å². The number of pyridine rings is 1. The summed E-state index contributed by atoms with van der Waals surface area (Å²) < 4.78 is 6.28. The van der Waals surface area contributed by atoms with E-state index in [2.05, 4.69) is 27.2 Å². The summed E-state index contributed by atoms with van der Waals surface area (Å²) in [7, 11) is 1.31. The molecule has 1 aromatic carbocycles. The monoisotopic (exact) mass is 462 g/mol. The van der Waals surface area contributed by atoms with Crippen LogP contribution in [0.2, 0.25) is 0 Å². The number of esters is 1. The highest BCUT2D eigenvalue weighted by Crippen LogP contribution is 2.18. The second kappa shape index (κ2) is 10.2. The number of nitrogens with one attached hydrogen (secondary N) is 2. The number of allylic oxidation sites excluding steroid dienone is 1. The predicted octanol–water partition coefficient (Wildman–Crippen LogP) is 2.55. The number of rotatable bonds is 6. The second-order valence-corrected chi connectivity index (χ2v) is 7.92. The molecule has 0 saturated carbocycles. The second-order valence-electron chi connectivity index (χ2n) is 7.92. The van der Waals surface area contributed by atoms with Crippen molar-refractivity contribution in [2.24, 2.45) is 0 Å². The van der Waals surface area contributed by atoms with E-state index in [0.717, 1.165) is 0 Å².